The third-order valence-electron chi connectivity index (χ3n) is 3.34. The summed E-state index contributed by atoms with van der Waals surface area (Å²) >= 11 is 0. The molecule has 0 saturated carbocycles. The van der Waals surface area contributed by atoms with E-state index in [2.05, 4.69) is 38.2 Å². The molecule has 2 rings (SSSR count). The topological polar surface area (TPSA) is 32.3 Å². The van der Waals surface area contributed by atoms with E-state index >= 15 is 0 Å². The maximum absolute atomic E-state index is 11.6. The third kappa shape index (κ3) is 1.66. The average molecular weight is 218 g/mol. The van der Waals surface area contributed by atoms with Gasteiger partial charge in [-0.3, -0.25) is 0 Å². The fraction of sp³-hybridized carbons (Fsp3) is 0.462. The van der Waals surface area contributed by atoms with Crippen LogP contribution in [0.1, 0.15) is 43.9 Å². The lowest BCUT2D eigenvalue weighted by Gasteiger charge is -2.33. The Morgan fingerprint density at radius 3 is 2.69 bits per heavy atom. The number of nitrogens with one attached hydrogen (secondary N) is 1. The van der Waals surface area contributed by atoms with Gasteiger partial charge in [-0.1, -0.05) is 26.0 Å². The first-order valence-electron chi connectivity index (χ1n) is 5.68. The predicted octanol–water partition coefficient (Wildman–Crippen LogP) is 3.35. The SMILES string of the molecule is CC(C)c1ccc2c(c1)C(C)N(C)C(=O)N2. The Bertz CT molecular complexity index is 426. The van der Waals surface area contributed by atoms with Gasteiger partial charge in [0.05, 0.1) is 6.04 Å². The molecule has 16 heavy (non-hydrogen) atoms. The van der Waals surface area contributed by atoms with Crippen molar-refractivity contribution in [2.45, 2.75) is 32.7 Å². The molecule has 1 aliphatic heterocycles. The van der Waals surface area contributed by atoms with Gasteiger partial charge in [-0.2, -0.15) is 0 Å². The normalized spacial score (nSPS) is 19.7. The molecular formula is C13H18N2O. The van der Waals surface area contributed by atoms with E-state index in [0.717, 1.165) is 5.69 Å². The standard InChI is InChI=1S/C13H18N2O/c1-8(2)10-5-6-12-11(7-10)9(3)15(4)13(16)14-12/h5-9H,1-4H3,(H,14,16). The highest BCUT2D eigenvalue weighted by atomic mass is 16.2. The van der Waals surface area contributed by atoms with Crippen LogP contribution in [0.2, 0.25) is 0 Å². The molecule has 3 heteroatoms. The fourth-order valence-electron chi connectivity index (χ4n) is 1.99. The molecule has 86 valence electrons. The minimum atomic E-state index is -0.0303. The Kier molecular flexibility index (Phi) is 2.62. The summed E-state index contributed by atoms with van der Waals surface area (Å²) in [5.41, 5.74) is 3.46. The number of amides is 2. The molecule has 1 N–H and O–H groups in total. The molecule has 3 nitrogen and oxygen atoms in total. The fourth-order valence-corrected chi connectivity index (χ4v) is 1.99. The lowest BCUT2D eigenvalue weighted by Crippen LogP contribution is -2.38. The summed E-state index contributed by atoms with van der Waals surface area (Å²) in [7, 11) is 1.82. The number of carbonyl (C=O) groups is 1. The Hall–Kier alpha value is -1.51. The van der Waals surface area contributed by atoms with Gasteiger partial charge in [0, 0.05) is 12.7 Å². The van der Waals surface area contributed by atoms with Crippen LogP contribution in [0.25, 0.3) is 0 Å². The monoisotopic (exact) mass is 218 g/mol. The average Bonchev–Trinajstić information content (AvgIpc) is 2.25. The molecule has 1 aromatic carbocycles. The molecule has 0 radical (unpaired) electrons. The Morgan fingerprint density at radius 1 is 1.38 bits per heavy atom. The molecule has 1 aromatic rings. The van der Waals surface area contributed by atoms with E-state index in [9.17, 15) is 4.79 Å². The molecule has 1 unspecified atom stereocenters. The first-order valence-corrected chi connectivity index (χ1v) is 5.68. The summed E-state index contributed by atoms with van der Waals surface area (Å²) in [4.78, 5) is 13.3. The van der Waals surface area contributed by atoms with Gasteiger partial charge < -0.3 is 10.2 Å². The van der Waals surface area contributed by atoms with Gasteiger partial charge in [-0.05, 0) is 30.0 Å². The third-order valence-corrected chi connectivity index (χ3v) is 3.34. The number of nitrogens with zero attached hydrogens (tertiary/aromatic N) is 1. The Morgan fingerprint density at radius 2 is 2.06 bits per heavy atom. The predicted molar refractivity (Wildman–Crippen MR) is 65.7 cm³/mol. The second kappa shape index (κ2) is 3.81. The van der Waals surface area contributed by atoms with Crippen LogP contribution in [0.5, 0.6) is 0 Å². The van der Waals surface area contributed by atoms with Crippen LogP contribution >= 0.6 is 0 Å². The molecule has 1 atom stereocenters. The summed E-state index contributed by atoms with van der Waals surface area (Å²) < 4.78 is 0. The minimum Gasteiger partial charge on any atom is -0.321 e. The van der Waals surface area contributed by atoms with Gasteiger partial charge in [-0.15, -0.1) is 0 Å². The van der Waals surface area contributed by atoms with Crippen molar-refractivity contribution < 1.29 is 4.79 Å². The maximum atomic E-state index is 11.6. The van der Waals surface area contributed by atoms with Gasteiger partial charge in [0.2, 0.25) is 0 Å². The highest BCUT2D eigenvalue weighted by Crippen LogP contribution is 2.33. The number of rotatable bonds is 1. The largest absolute Gasteiger partial charge is 0.322 e. The zero-order valence-electron chi connectivity index (χ0n) is 10.2. The van der Waals surface area contributed by atoms with Gasteiger partial charge in [-0.25, -0.2) is 4.79 Å². The lowest BCUT2D eigenvalue weighted by molar-refractivity contribution is 0.205. The molecular weight excluding hydrogens is 200 g/mol. The lowest BCUT2D eigenvalue weighted by atomic mass is 9.95. The van der Waals surface area contributed by atoms with E-state index in [4.69, 9.17) is 0 Å². The molecule has 0 saturated heterocycles. The molecule has 0 aromatic heterocycles. The summed E-state index contributed by atoms with van der Waals surface area (Å²) in [5, 5.41) is 2.89. The number of benzene rings is 1. The van der Waals surface area contributed by atoms with Gasteiger partial charge in [0.15, 0.2) is 0 Å². The summed E-state index contributed by atoms with van der Waals surface area (Å²) in [6.45, 7) is 6.41. The summed E-state index contributed by atoms with van der Waals surface area (Å²) in [6.07, 6.45) is 0. The van der Waals surface area contributed by atoms with Crippen molar-refractivity contribution in [2.24, 2.45) is 0 Å². The molecule has 1 aliphatic rings. The van der Waals surface area contributed by atoms with E-state index < -0.39 is 0 Å². The van der Waals surface area contributed by atoms with Gasteiger partial charge in [0.25, 0.3) is 0 Å². The van der Waals surface area contributed by atoms with Crippen LogP contribution in [0.15, 0.2) is 18.2 Å². The van der Waals surface area contributed by atoms with Crippen LogP contribution in [0, 0.1) is 0 Å². The van der Waals surface area contributed by atoms with E-state index in [1.165, 1.54) is 11.1 Å². The van der Waals surface area contributed by atoms with E-state index in [1.807, 2.05) is 13.1 Å². The van der Waals surface area contributed by atoms with Gasteiger partial charge >= 0.3 is 6.03 Å². The molecule has 0 fully saturated rings. The number of anilines is 1. The van der Waals surface area contributed by atoms with Crippen LogP contribution in [0.4, 0.5) is 10.5 Å². The molecule has 0 aliphatic carbocycles. The van der Waals surface area contributed by atoms with E-state index in [0.29, 0.717) is 5.92 Å². The minimum absolute atomic E-state index is 0.0303. The number of hydrogen-bond donors (Lipinski definition) is 1. The van der Waals surface area contributed by atoms with Crippen LogP contribution in [-0.2, 0) is 0 Å². The van der Waals surface area contributed by atoms with Crippen LogP contribution < -0.4 is 5.32 Å². The zero-order valence-corrected chi connectivity index (χ0v) is 10.2. The van der Waals surface area contributed by atoms with Crippen LogP contribution in [0.3, 0.4) is 0 Å². The quantitative estimate of drug-likeness (QED) is 0.770. The Labute approximate surface area is 96.5 Å². The first kappa shape index (κ1) is 11.0. The molecule has 0 spiro atoms. The van der Waals surface area contributed by atoms with Crippen molar-refractivity contribution in [3.63, 3.8) is 0 Å². The second-order valence-corrected chi connectivity index (χ2v) is 4.72. The zero-order chi connectivity index (χ0) is 11.9. The summed E-state index contributed by atoms with van der Waals surface area (Å²) in [6, 6.07) is 6.40. The second-order valence-electron chi connectivity index (χ2n) is 4.72. The number of urea groups is 1. The maximum Gasteiger partial charge on any atom is 0.322 e. The Balaban J connectivity index is 2.46. The van der Waals surface area contributed by atoms with Crippen molar-refractivity contribution in [3.8, 4) is 0 Å². The van der Waals surface area contributed by atoms with Crippen molar-refractivity contribution in [1.29, 1.82) is 0 Å². The van der Waals surface area contributed by atoms with Crippen molar-refractivity contribution in [2.75, 3.05) is 12.4 Å². The smallest absolute Gasteiger partial charge is 0.321 e. The molecule has 1 heterocycles. The van der Waals surface area contributed by atoms with Crippen LogP contribution in [-0.4, -0.2) is 18.0 Å². The number of fused-ring (bicyclic) bond motifs is 1. The highest BCUT2D eigenvalue weighted by molar-refractivity contribution is 5.92. The highest BCUT2D eigenvalue weighted by Gasteiger charge is 2.26. The number of hydrogen-bond acceptors (Lipinski definition) is 1. The molecule has 2 amide bonds. The molecule has 0 bridgehead atoms. The van der Waals surface area contributed by atoms with Crippen molar-refractivity contribution >= 4 is 11.7 Å². The first-order chi connectivity index (χ1) is 7.50. The summed E-state index contributed by atoms with van der Waals surface area (Å²) in [5.74, 6) is 0.514. The van der Waals surface area contributed by atoms with Crippen molar-refractivity contribution in [1.82, 2.24) is 4.90 Å². The van der Waals surface area contributed by atoms with Gasteiger partial charge in [0.1, 0.15) is 0 Å². The van der Waals surface area contributed by atoms with E-state index in [-0.39, 0.29) is 12.1 Å². The van der Waals surface area contributed by atoms with Crippen molar-refractivity contribution in [3.05, 3.63) is 29.3 Å². The number of carbonyl (C=O) groups excluding carboxylic acids is 1. The van der Waals surface area contributed by atoms with E-state index in [1.54, 1.807) is 4.90 Å².